The molecule has 29 heavy (non-hydrogen) atoms. The number of carbonyl (C=O) groups excluding carboxylic acids is 1. The van der Waals surface area contributed by atoms with Gasteiger partial charge in [-0.2, -0.15) is 0 Å². The number of aliphatic hydroxyl groups excluding tert-OH is 2. The molecule has 0 radical (unpaired) electrons. The van der Waals surface area contributed by atoms with E-state index in [1.54, 1.807) is 0 Å². The van der Waals surface area contributed by atoms with Crippen LogP contribution in [0.3, 0.4) is 0 Å². The number of ether oxygens (including phenoxy) is 2. The molecule has 1 saturated carbocycles. The lowest BCUT2D eigenvalue weighted by molar-refractivity contribution is 0.0664. The van der Waals surface area contributed by atoms with Crippen molar-refractivity contribution in [3.8, 4) is 0 Å². The van der Waals surface area contributed by atoms with E-state index in [-0.39, 0.29) is 24.7 Å². The van der Waals surface area contributed by atoms with Gasteiger partial charge >= 0.3 is 6.16 Å². The van der Waals surface area contributed by atoms with Crippen LogP contribution in [0.2, 0.25) is 0 Å². The van der Waals surface area contributed by atoms with Gasteiger partial charge in [0.1, 0.15) is 6.61 Å². The third-order valence-electron chi connectivity index (χ3n) is 6.97. The van der Waals surface area contributed by atoms with Crippen LogP contribution in [-0.4, -0.2) is 35.7 Å². The second-order valence-electron chi connectivity index (χ2n) is 8.82. The van der Waals surface area contributed by atoms with Crippen LogP contribution < -0.4 is 0 Å². The summed E-state index contributed by atoms with van der Waals surface area (Å²) in [5.41, 5.74) is 3.61. The summed E-state index contributed by atoms with van der Waals surface area (Å²) in [5, 5.41) is 21.0. The highest BCUT2D eigenvalue weighted by molar-refractivity contribution is 5.59. The minimum atomic E-state index is -0.662. The van der Waals surface area contributed by atoms with Crippen molar-refractivity contribution in [2.75, 3.05) is 7.11 Å². The summed E-state index contributed by atoms with van der Waals surface area (Å²) in [5.74, 6) is 1.19. The van der Waals surface area contributed by atoms with E-state index in [1.165, 1.54) is 31.1 Å². The Morgan fingerprint density at radius 2 is 2.07 bits per heavy atom. The third-order valence-corrected chi connectivity index (χ3v) is 6.97. The van der Waals surface area contributed by atoms with E-state index in [4.69, 9.17) is 4.74 Å². The number of carbonyl (C=O) groups is 1. The second kappa shape index (κ2) is 10.4. The topological polar surface area (TPSA) is 76.0 Å². The normalized spacial score (nSPS) is 26.5. The molecule has 0 heterocycles. The van der Waals surface area contributed by atoms with Crippen molar-refractivity contribution in [2.45, 2.75) is 83.5 Å². The maximum Gasteiger partial charge on any atom is 0.508 e. The van der Waals surface area contributed by atoms with Gasteiger partial charge in [-0.15, -0.1) is 0 Å². The summed E-state index contributed by atoms with van der Waals surface area (Å²) < 4.78 is 9.74. The Hall–Kier alpha value is -1.59. The number of rotatable bonds is 9. The molecule has 0 spiro atoms. The zero-order valence-corrected chi connectivity index (χ0v) is 17.8. The van der Waals surface area contributed by atoms with Gasteiger partial charge in [0.25, 0.3) is 0 Å². The fraction of sp³-hybridized carbons (Fsp3) is 0.708. The number of benzene rings is 1. The van der Waals surface area contributed by atoms with E-state index in [0.717, 1.165) is 50.5 Å². The highest BCUT2D eigenvalue weighted by Crippen LogP contribution is 2.47. The van der Waals surface area contributed by atoms with Crippen LogP contribution in [0.15, 0.2) is 18.2 Å². The third kappa shape index (κ3) is 5.52. The van der Waals surface area contributed by atoms with E-state index in [9.17, 15) is 15.0 Å². The van der Waals surface area contributed by atoms with Crippen LogP contribution in [-0.2, 0) is 28.9 Å². The molecular weight excluding hydrogens is 368 g/mol. The fourth-order valence-electron chi connectivity index (χ4n) is 5.40. The van der Waals surface area contributed by atoms with Crippen LogP contribution in [0, 0.1) is 17.8 Å². The summed E-state index contributed by atoms with van der Waals surface area (Å²) in [7, 11) is 1.31. The Bertz CT molecular complexity index is 673. The molecule has 162 valence electrons. The molecule has 5 atom stereocenters. The van der Waals surface area contributed by atoms with Gasteiger partial charge in [0.05, 0.1) is 19.3 Å². The first-order valence-corrected chi connectivity index (χ1v) is 11.2. The highest BCUT2D eigenvalue weighted by atomic mass is 16.7. The second-order valence-corrected chi connectivity index (χ2v) is 8.82. The molecule has 3 rings (SSSR count). The average molecular weight is 405 g/mol. The molecule has 0 unspecified atom stereocenters. The highest BCUT2D eigenvalue weighted by Gasteiger charge is 2.44. The Balaban J connectivity index is 1.62. The summed E-state index contributed by atoms with van der Waals surface area (Å²) in [6, 6.07) is 6.19. The van der Waals surface area contributed by atoms with Crippen molar-refractivity contribution in [2.24, 2.45) is 17.8 Å². The van der Waals surface area contributed by atoms with Crippen molar-refractivity contribution >= 4 is 6.16 Å². The molecule has 2 aliphatic rings. The van der Waals surface area contributed by atoms with Crippen LogP contribution in [0.25, 0.3) is 0 Å². The first-order valence-electron chi connectivity index (χ1n) is 11.2. The molecule has 0 bridgehead atoms. The molecule has 0 saturated heterocycles. The number of methoxy groups -OCH3 is 1. The molecule has 1 aromatic carbocycles. The van der Waals surface area contributed by atoms with Gasteiger partial charge in [-0.1, -0.05) is 44.4 Å². The molecule has 0 aromatic heterocycles. The fourth-order valence-corrected chi connectivity index (χ4v) is 5.40. The van der Waals surface area contributed by atoms with Gasteiger partial charge < -0.3 is 19.7 Å². The average Bonchev–Trinajstić information content (AvgIpc) is 3.02. The minimum absolute atomic E-state index is 0.225. The Kier molecular flexibility index (Phi) is 7.96. The summed E-state index contributed by atoms with van der Waals surface area (Å²) in [6.45, 7) is 2.40. The zero-order valence-electron chi connectivity index (χ0n) is 17.8. The van der Waals surface area contributed by atoms with Gasteiger partial charge in [-0.3, -0.25) is 0 Å². The minimum Gasteiger partial charge on any atom is -0.438 e. The van der Waals surface area contributed by atoms with E-state index >= 15 is 0 Å². The number of aliphatic hydroxyl groups is 2. The molecule has 2 N–H and O–H groups in total. The predicted molar refractivity (Wildman–Crippen MR) is 112 cm³/mol. The van der Waals surface area contributed by atoms with Crippen molar-refractivity contribution in [3.05, 3.63) is 34.9 Å². The SMILES string of the molecule is CCCCC[C@H](O)CC[C@@H]1[C@H]2Cc3cccc(COC(=O)OC)c3C[C@H]2C[C@H]1O. The van der Waals surface area contributed by atoms with E-state index < -0.39 is 6.16 Å². The first-order chi connectivity index (χ1) is 14.0. The predicted octanol–water partition coefficient (Wildman–Crippen LogP) is 4.40. The summed E-state index contributed by atoms with van der Waals surface area (Å²) in [6.07, 6.45) is 7.51. The molecule has 1 aromatic rings. The maximum atomic E-state index is 11.3. The zero-order chi connectivity index (χ0) is 20.8. The van der Waals surface area contributed by atoms with Gasteiger partial charge in [0.2, 0.25) is 0 Å². The number of unbranched alkanes of at least 4 members (excludes halogenated alkanes) is 2. The Morgan fingerprint density at radius 3 is 2.83 bits per heavy atom. The summed E-state index contributed by atoms with van der Waals surface area (Å²) >= 11 is 0. The molecular formula is C24H36O5. The van der Waals surface area contributed by atoms with Gasteiger partial charge in [-0.05, 0) is 73.0 Å². The molecule has 2 aliphatic carbocycles. The van der Waals surface area contributed by atoms with Crippen molar-refractivity contribution in [1.82, 2.24) is 0 Å². The standard InChI is InChI=1S/C24H36O5/c1-3-4-5-9-19(25)10-11-20-22-12-16-7-6-8-17(15-29-24(27)28-2)21(16)13-18(22)14-23(20)26/h6-8,18-20,22-23,25-26H,3-5,9-15H2,1-2H3/t18-,19-,20+,22-,23+/m0/s1. The van der Waals surface area contributed by atoms with Crippen LogP contribution >= 0.6 is 0 Å². The first kappa shape index (κ1) is 22.1. The Morgan fingerprint density at radius 1 is 1.24 bits per heavy atom. The van der Waals surface area contributed by atoms with Crippen molar-refractivity contribution in [3.63, 3.8) is 0 Å². The molecule has 5 nitrogen and oxygen atoms in total. The van der Waals surface area contributed by atoms with Crippen LogP contribution in [0.5, 0.6) is 0 Å². The Labute approximate surface area is 174 Å². The lowest BCUT2D eigenvalue weighted by atomic mass is 9.72. The maximum absolute atomic E-state index is 11.3. The molecule has 1 fully saturated rings. The smallest absolute Gasteiger partial charge is 0.438 e. The van der Waals surface area contributed by atoms with E-state index in [1.807, 2.05) is 12.1 Å². The van der Waals surface area contributed by atoms with Gasteiger partial charge in [-0.25, -0.2) is 4.79 Å². The lowest BCUT2D eigenvalue weighted by Gasteiger charge is -2.32. The summed E-state index contributed by atoms with van der Waals surface area (Å²) in [4.78, 5) is 11.3. The number of fused-ring (bicyclic) bond motifs is 2. The monoisotopic (exact) mass is 404 g/mol. The lowest BCUT2D eigenvalue weighted by Crippen LogP contribution is -2.28. The number of hydrogen-bond acceptors (Lipinski definition) is 5. The molecule has 0 amide bonds. The van der Waals surface area contributed by atoms with E-state index in [0.29, 0.717) is 11.8 Å². The van der Waals surface area contributed by atoms with Gasteiger partial charge in [0, 0.05) is 0 Å². The quantitative estimate of drug-likeness (QED) is 0.471. The van der Waals surface area contributed by atoms with Crippen molar-refractivity contribution in [1.29, 1.82) is 0 Å². The largest absolute Gasteiger partial charge is 0.508 e. The van der Waals surface area contributed by atoms with Gasteiger partial charge in [0.15, 0.2) is 0 Å². The van der Waals surface area contributed by atoms with Crippen LogP contribution in [0.4, 0.5) is 4.79 Å². The molecule has 0 aliphatic heterocycles. The van der Waals surface area contributed by atoms with E-state index in [2.05, 4.69) is 17.7 Å². The number of hydrogen-bond donors (Lipinski definition) is 2. The van der Waals surface area contributed by atoms with Crippen molar-refractivity contribution < 1.29 is 24.5 Å². The van der Waals surface area contributed by atoms with Crippen LogP contribution in [0.1, 0.15) is 68.6 Å². The molecule has 5 heteroatoms.